The van der Waals surface area contributed by atoms with Gasteiger partial charge in [0.25, 0.3) is 0 Å². The van der Waals surface area contributed by atoms with Crippen LogP contribution in [-0.2, 0) is 5.54 Å². The van der Waals surface area contributed by atoms with Crippen LogP contribution in [0, 0.1) is 5.41 Å². The van der Waals surface area contributed by atoms with Crippen LogP contribution in [0.3, 0.4) is 0 Å². The molecule has 3 atom stereocenters. The molecule has 3 unspecified atom stereocenters. The zero-order valence-electron chi connectivity index (χ0n) is 22.0. The van der Waals surface area contributed by atoms with Crippen molar-refractivity contribution in [2.45, 2.75) is 96.3 Å². The van der Waals surface area contributed by atoms with Crippen molar-refractivity contribution in [2.75, 3.05) is 0 Å². The van der Waals surface area contributed by atoms with E-state index in [1.807, 2.05) is 0 Å². The van der Waals surface area contributed by atoms with Gasteiger partial charge in [-0.1, -0.05) is 94.3 Å². The van der Waals surface area contributed by atoms with Gasteiger partial charge in [-0.25, -0.2) is 4.68 Å². The van der Waals surface area contributed by atoms with Crippen molar-refractivity contribution in [3.63, 3.8) is 0 Å². The lowest BCUT2D eigenvalue weighted by Crippen LogP contribution is -2.50. The molecule has 3 aromatic rings. The fraction of sp³-hybridized carbons (Fsp3) is 0.552. The Hall–Kier alpha value is -2.57. The van der Waals surface area contributed by atoms with Crippen LogP contribution in [0.1, 0.15) is 95.6 Å². The Morgan fingerprint density at radius 3 is 2.03 bits per heavy atom. The highest BCUT2D eigenvalue weighted by Gasteiger charge is 2.38. The summed E-state index contributed by atoms with van der Waals surface area (Å²) in [5.41, 5.74) is 9.02. The summed E-state index contributed by atoms with van der Waals surface area (Å²) in [5, 5.41) is 17.4. The van der Waals surface area contributed by atoms with Crippen molar-refractivity contribution < 1.29 is 0 Å². The second kappa shape index (κ2) is 10.6. The van der Waals surface area contributed by atoms with Gasteiger partial charge in [-0.3, -0.25) is 0 Å². The quantitative estimate of drug-likeness (QED) is 0.446. The zero-order valence-corrected chi connectivity index (χ0v) is 22.0. The van der Waals surface area contributed by atoms with Gasteiger partial charge in [-0.15, -0.1) is 5.10 Å². The molecule has 0 amide bonds. The summed E-state index contributed by atoms with van der Waals surface area (Å²) in [7, 11) is 0. The topological polar surface area (TPSA) is 81.7 Å². The maximum Gasteiger partial charge on any atom is 0.169 e. The van der Waals surface area contributed by atoms with Crippen molar-refractivity contribution in [3.8, 4) is 0 Å². The van der Waals surface area contributed by atoms with Gasteiger partial charge in [0, 0.05) is 18.0 Å². The van der Waals surface area contributed by atoms with E-state index in [9.17, 15) is 0 Å². The highest BCUT2D eigenvalue weighted by atomic mass is 15.6. The maximum atomic E-state index is 6.64. The van der Waals surface area contributed by atoms with Crippen LogP contribution in [0.2, 0.25) is 0 Å². The van der Waals surface area contributed by atoms with E-state index in [0.29, 0.717) is 0 Å². The Morgan fingerprint density at radius 2 is 1.49 bits per heavy atom. The van der Waals surface area contributed by atoms with E-state index in [4.69, 9.17) is 5.73 Å². The number of benzene rings is 2. The SMILES string of the molecule is CC(C)(C)CC(C)(C)n1nnnc1C(NC1CCCCC1N)C(c1ccccc1)c1ccccc1. The summed E-state index contributed by atoms with van der Waals surface area (Å²) in [6.07, 6.45) is 5.46. The van der Waals surface area contributed by atoms with Gasteiger partial charge < -0.3 is 11.1 Å². The lowest BCUT2D eigenvalue weighted by molar-refractivity contribution is 0.182. The number of hydrogen-bond donors (Lipinski definition) is 2. The van der Waals surface area contributed by atoms with Gasteiger partial charge in [0.2, 0.25) is 0 Å². The fourth-order valence-electron chi connectivity index (χ4n) is 6.01. The second-order valence-corrected chi connectivity index (χ2v) is 12.0. The zero-order chi connectivity index (χ0) is 25.1. The van der Waals surface area contributed by atoms with Crippen LogP contribution in [0.25, 0.3) is 0 Å². The lowest BCUT2D eigenvalue weighted by atomic mass is 9.80. The molecule has 6 heteroatoms. The Kier molecular flexibility index (Phi) is 7.72. The fourth-order valence-corrected chi connectivity index (χ4v) is 6.01. The Labute approximate surface area is 210 Å². The summed E-state index contributed by atoms with van der Waals surface area (Å²) in [4.78, 5) is 0. The molecule has 0 aliphatic heterocycles. The van der Waals surface area contributed by atoms with Gasteiger partial charge in [0.05, 0.1) is 11.6 Å². The molecule has 0 radical (unpaired) electrons. The molecule has 1 aliphatic rings. The van der Waals surface area contributed by atoms with Crippen molar-refractivity contribution >= 4 is 0 Å². The molecule has 6 nitrogen and oxygen atoms in total. The van der Waals surface area contributed by atoms with Crippen LogP contribution in [0.15, 0.2) is 60.7 Å². The molecule has 1 aromatic heterocycles. The number of nitrogens with one attached hydrogen (secondary N) is 1. The number of nitrogens with two attached hydrogens (primary N) is 1. The molecule has 3 N–H and O–H groups in total. The normalized spacial score (nSPS) is 20.2. The Balaban J connectivity index is 1.84. The monoisotopic (exact) mass is 474 g/mol. The highest BCUT2D eigenvalue weighted by molar-refractivity contribution is 5.36. The Bertz CT molecular complexity index is 1010. The second-order valence-electron chi connectivity index (χ2n) is 12.0. The first-order valence-electron chi connectivity index (χ1n) is 13.1. The largest absolute Gasteiger partial charge is 0.326 e. The summed E-state index contributed by atoms with van der Waals surface area (Å²) >= 11 is 0. The highest BCUT2D eigenvalue weighted by Crippen LogP contribution is 2.40. The first kappa shape index (κ1) is 25.5. The number of tetrazole rings is 1. The Morgan fingerprint density at radius 1 is 0.914 bits per heavy atom. The van der Waals surface area contributed by atoms with Crippen molar-refractivity contribution in [3.05, 3.63) is 77.6 Å². The maximum absolute atomic E-state index is 6.64. The third-order valence-electron chi connectivity index (χ3n) is 7.17. The predicted octanol–water partition coefficient (Wildman–Crippen LogP) is 5.58. The minimum Gasteiger partial charge on any atom is -0.326 e. The van der Waals surface area contributed by atoms with E-state index in [0.717, 1.165) is 25.1 Å². The molecule has 1 saturated carbocycles. The smallest absolute Gasteiger partial charge is 0.169 e. The molecule has 4 rings (SSSR count). The number of hydrogen-bond acceptors (Lipinski definition) is 5. The molecule has 188 valence electrons. The molecule has 0 bridgehead atoms. The van der Waals surface area contributed by atoms with Gasteiger partial charge >= 0.3 is 0 Å². The molecular formula is C29H42N6. The van der Waals surface area contributed by atoms with Crippen LogP contribution in [0.4, 0.5) is 0 Å². The van der Waals surface area contributed by atoms with Gasteiger partial charge in [0.15, 0.2) is 5.82 Å². The van der Waals surface area contributed by atoms with Crippen LogP contribution in [-0.4, -0.2) is 32.3 Å². The minimum atomic E-state index is -0.246. The molecular weight excluding hydrogens is 432 g/mol. The number of nitrogens with zero attached hydrogens (tertiary/aromatic N) is 4. The van der Waals surface area contributed by atoms with Crippen LogP contribution < -0.4 is 11.1 Å². The summed E-state index contributed by atoms with van der Waals surface area (Å²) in [6.45, 7) is 11.3. The third kappa shape index (κ3) is 6.17. The first-order chi connectivity index (χ1) is 16.7. The van der Waals surface area contributed by atoms with E-state index in [1.165, 1.54) is 24.0 Å². The summed E-state index contributed by atoms with van der Waals surface area (Å²) < 4.78 is 2.06. The molecule has 0 saturated heterocycles. The molecule has 2 aromatic carbocycles. The van der Waals surface area contributed by atoms with Crippen molar-refractivity contribution in [1.29, 1.82) is 0 Å². The van der Waals surface area contributed by atoms with Crippen molar-refractivity contribution in [1.82, 2.24) is 25.5 Å². The standard InChI is InChI=1S/C29H42N6/c1-28(2,3)20-29(4,5)35-27(32-33-34-35)26(31-24-19-13-12-18-23(24)30)25(21-14-8-6-9-15-21)22-16-10-7-11-17-22/h6-11,14-17,23-26,31H,12-13,18-20,30H2,1-5H3. The van der Waals surface area contributed by atoms with E-state index in [2.05, 4.69) is 121 Å². The van der Waals surface area contributed by atoms with Crippen LogP contribution >= 0.6 is 0 Å². The predicted molar refractivity (Wildman–Crippen MR) is 142 cm³/mol. The van der Waals surface area contributed by atoms with Gasteiger partial charge in [-0.2, -0.15) is 0 Å². The summed E-state index contributed by atoms with van der Waals surface area (Å²) in [5.74, 6) is 0.913. The van der Waals surface area contributed by atoms with Gasteiger partial charge in [-0.05, 0) is 60.1 Å². The third-order valence-corrected chi connectivity index (χ3v) is 7.17. The number of rotatable bonds is 8. The van der Waals surface area contributed by atoms with E-state index >= 15 is 0 Å². The van der Waals surface area contributed by atoms with E-state index in [1.54, 1.807) is 0 Å². The van der Waals surface area contributed by atoms with Crippen molar-refractivity contribution in [2.24, 2.45) is 11.1 Å². The van der Waals surface area contributed by atoms with E-state index in [-0.39, 0.29) is 35.0 Å². The summed E-state index contributed by atoms with van der Waals surface area (Å²) in [6, 6.07) is 21.7. The first-order valence-corrected chi connectivity index (χ1v) is 13.1. The molecule has 35 heavy (non-hydrogen) atoms. The molecule has 1 heterocycles. The average Bonchev–Trinajstić information content (AvgIpc) is 3.31. The minimum absolute atomic E-state index is 0.0433. The molecule has 1 aliphatic carbocycles. The average molecular weight is 475 g/mol. The molecule has 0 spiro atoms. The van der Waals surface area contributed by atoms with Crippen LogP contribution in [0.5, 0.6) is 0 Å². The molecule has 1 fully saturated rings. The number of aromatic nitrogens is 4. The van der Waals surface area contributed by atoms with Gasteiger partial charge in [0.1, 0.15) is 0 Å². The van der Waals surface area contributed by atoms with E-state index < -0.39 is 0 Å². The lowest BCUT2D eigenvalue weighted by Gasteiger charge is -2.38.